The number of hydrogen-bond donors (Lipinski definition) is 3. The van der Waals surface area contributed by atoms with Gasteiger partial charge in [0.25, 0.3) is 10.0 Å². The molecule has 3 aromatic rings. The van der Waals surface area contributed by atoms with Gasteiger partial charge in [-0.1, -0.05) is 23.7 Å². The molecule has 0 atom stereocenters. The van der Waals surface area contributed by atoms with E-state index in [0.717, 1.165) is 5.56 Å². The predicted molar refractivity (Wildman–Crippen MR) is 119 cm³/mol. The zero-order valence-corrected chi connectivity index (χ0v) is 18.5. The maximum absolute atomic E-state index is 13.7. The molecule has 0 bridgehead atoms. The molecule has 11 heteroatoms. The number of benzene rings is 1. The molecule has 0 radical (unpaired) electrons. The molecule has 1 saturated heterocycles. The fraction of sp³-hybridized carbons (Fsp3) is 0.238. The lowest BCUT2D eigenvalue weighted by atomic mass is 9.95. The first-order valence-corrected chi connectivity index (χ1v) is 11.5. The third kappa shape index (κ3) is 4.40. The standard InChI is InChI=1S/C21H20ClFN4O4S/c1-13-5-6-14(23)9-15(13)20-16(22)7-8-17(24-20)26-32(30,31)19-4-2-3-18(25-19)27-10-21(29,11-27)12-28/h2-9,28-29H,10-12H2,1H3,(H,24,26). The molecule has 4 rings (SSSR count). The summed E-state index contributed by atoms with van der Waals surface area (Å²) in [6.45, 7) is 1.66. The fourth-order valence-electron chi connectivity index (χ4n) is 3.38. The number of nitrogens with one attached hydrogen (secondary N) is 1. The molecule has 0 amide bonds. The minimum absolute atomic E-state index is 0.00105. The van der Waals surface area contributed by atoms with Crippen molar-refractivity contribution in [3.8, 4) is 11.3 Å². The van der Waals surface area contributed by atoms with E-state index in [4.69, 9.17) is 11.6 Å². The van der Waals surface area contributed by atoms with E-state index < -0.39 is 28.0 Å². The normalized spacial score (nSPS) is 15.3. The van der Waals surface area contributed by atoms with Crippen LogP contribution in [0.25, 0.3) is 11.3 Å². The minimum atomic E-state index is -4.10. The topological polar surface area (TPSA) is 116 Å². The van der Waals surface area contributed by atoms with E-state index in [2.05, 4.69) is 14.7 Å². The average molecular weight is 479 g/mol. The number of aryl methyl sites for hydroxylation is 1. The number of aliphatic hydroxyl groups is 2. The van der Waals surface area contributed by atoms with Gasteiger partial charge in [0, 0.05) is 5.56 Å². The van der Waals surface area contributed by atoms with Crippen molar-refractivity contribution in [3.05, 3.63) is 64.9 Å². The van der Waals surface area contributed by atoms with Crippen molar-refractivity contribution in [2.75, 3.05) is 29.3 Å². The van der Waals surface area contributed by atoms with Crippen molar-refractivity contribution in [1.29, 1.82) is 0 Å². The fourth-order valence-corrected chi connectivity index (χ4v) is 4.56. The number of anilines is 2. The van der Waals surface area contributed by atoms with Gasteiger partial charge in [-0.2, -0.15) is 8.42 Å². The average Bonchev–Trinajstić information content (AvgIpc) is 2.74. The van der Waals surface area contributed by atoms with Crippen LogP contribution < -0.4 is 9.62 Å². The zero-order valence-electron chi connectivity index (χ0n) is 17.0. The van der Waals surface area contributed by atoms with Gasteiger partial charge >= 0.3 is 0 Å². The third-order valence-electron chi connectivity index (χ3n) is 5.11. The number of hydrogen-bond acceptors (Lipinski definition) is 7. The largest absolute Gasteiger partial charge is 0.393 e. The summed E-state index contributed by atoms with van der Waals surface area (Å²) in [6, 6.07) is 11.5. The van der Waals surface area contributed by atoms with Crippen LogP contribution in [0.2, 0.25) is 5.02 Å². The number of nitrogens with zero attached hydrogens (tertiary/aromatic N) is 3. The molecule has 8 nitrogen and oxygen atoms in total. The summed E-state index contributed by atoms with van der Waals surface area (Å²) in [4.78, 5) is 10.1. The first-order chi connectivity index (χ1) is 15.1. The highest BCUT2D eigenvalue weighted by Gasteiger charge is 2.41. The molecule has 1 aliphatic rings. The number of β-amino-alcohol motifs (C(OH)–C–C–N with tert-alkyl or cyclic N) is 1. The van der Waals surface area contributed by atoms with Gasteiger partial charge in [-0.3, -0.25) is 4.72 Å². The number of pyridine rings is 2. The highest BCUT2D eigenvalue weighted by molar-refractivity contribution is 7.92. The molecule has 3 N–H and O–H groups in total. The lowest BCUT2D eigenvalue weighted by Crippen LogP contribution is -2.64. The summed E-state index contributed by atoms with van der Waals surface area (Å²) in [5.41, 5.74) is 0.209. The van der Waals surface area contributed by atoms with E-state index in [0.29, 0.717) is 11.4 Å². The number of aromatic nitrogens is 2. The second-order valence-electron chi connectivity index (χ2n) is 7.66. The maximum Gasteiger partial charge on any atom is 0.280 e. The maximum atomic E-state index is 13.7. The highest BCUT2D eigenvalue weighted by atomic mass is 35.5. The second kappa shape index (κ2) is 8.28. The Labute approximate surface area is 189 Å². The van der Waals surface area contributed by atoms with Crippen LogP contribution in [0.1, 0.15) is 5.56 Å². The third-order valence-corrected chi connectivity index (χ3v) is 6.67. The lowest BCUT2D eigenvalue weighted by Gasteiger charge is -2.46. The van der Waals surface area contributed by atoms with Crippen LogP contribution in [0.15, 0.2) is 53.6 Å². The van der Waals surface area contributed by atoms with E-state index in [-0.39, 0.29) is 34.6 Å². The summed E-state index contributed by atoms with van der Waals surface area (Å²) >= 11 is 6.24. The van der Waals surface area contributed by atoms with Crippen LogP contribution in [-0.4, -0.2) is 53.9 Å². The van der Waals surface area contributed by atoms with Crippen molar-refractivity contribution in [1.82, 2.24) is 9.97 Å². The van der Waals surface area contributed by atoms with Crippen LogP contribution in [0, 0.1) is 12.7 Å². The van der Waals surface area contributed by atoms with Gasteiger partial charge in [0.1, 0.15) is 23.1 Å². The van der Waals surface area contributed by atoms with E-state index in [1.807, 2.05) is 0 Å². The molecule has 0 saturated carbocycles. The molecule has 1 aliphatic heterocycles. The van der Waals surface area contributed by atoms with Crippen LogP contribution in [0.4, 0.5) is 16.0 Å². The van der Waals surface area contributed by atoms with E-state index in [1.54, 1.807) is 24.0 Å². The molecule has 0 unspecified atom stereocenters. The van der Waals surface area contributed by atoms with Crippen LogP contribution in [0.5, 0.6) is 0 Å². The van der Waals surface area contributed by atoms with E-state index >= 15 is 0 Å². The lowest BCUT2D eigenvalue weighted by molar-refractivity contribution is -0.0363. The van der Waals surface area contributed by atoms with Gasteiger partial charge in [-0.25, -0.2) is 14.4 Å². The molecule has 168 valence electrons. The molecule has 0 aliphatic carbocycles. The first-order valence-electron chi connectivity index (χ1n) is 9.61. The molecular formula is C21H20ClFN4O4S. The summed E-state index contributed by atoms with van der Waals surface area (Å²) in [7, 11) is -4.10. The van der Waals surface area contributed by atoms with Gasteiger partial charge in [0.15, 0.2) is 5.03 Å². The Kier molecular flexibility index (Phi) is 5.80. The van der Waals surface area contributed by atoms with Gasteiger partial charge < -0.3 is 15.1 Å². The Hall–Kier alpha value is -2.79. The first kappa shape index (κ1) is 22.4. The summed E-state index contributed by atoms with van der Waals surface area (Å²) in [6.07, 6.45) is 0. The minimum Gasteiger partial charge on any atom is -0.393 e. The van der Waals surface area contributed by atoms with Crippen LogP contribution in [0.3, 0.4) is 0 Å². The molecule has 2 aromatic heterocycles. The van der Waals surface area contributed by atoms with Crippen LogP contribution in [-0.2, 0) is 10.0 Å². The van der Waals surface area contributed by atoms with Gasteiger partial charge in [-0.05, 0) is 48.9 Å². The summed E-state index contributed by atoms with van der Waals surface area (Å²) in [5.74, 6) is -0.112. The van der Waals surface area contributed by atoms with Gasteiger partial charge in [0.2, 0.25) is 0 Å². The predicted octanol–water partition coefficient (Wildman–Crippen LogP) is 2.59. The quantitative estimate of drug-likeness (QED) is 0.498. The molecule has 3 heterocycles. The van der Waals surface area contributed by atoms with Crippen LogP contribution >= 0.6 is 11.6 Å². The molecule has 1 fully saturated rings. The van der Waals surface area contributed by atoms with E-state index in [1.165, 1.54) is 36.4 Å². The molecule has 1 aromatic carbocycles. The SMILES string of the molecule is Cc1ccc(F)cc1-c1nc(NS(=O)(=O)c2cccc(N3CC(O)(CO)C3)n2)ccc1Cl. The van der Waals surface area contributed by atoms with Crippen molar-refractivity contribution in [3.63, 3.8) is 0 Å². The van der Waals surface area contributed by atoms with Crippen molar-refractivity contribution in [2.45, 2.75) is 17.6 Å². The summed E-state index contributed by atoms with van der Waals surface area (Å²) in [5, 5.41) is 19.1. The Morgan fingerprint density at radius 1 is 1.19 bits per heavy atom. The Morgan fingerprint density at radius 2 is 1.94 bits per heavy atom. The Morgan fingerprint density at radius 3 is 2.66 bits per heavy atom. The number of sulfonamides is 1. The Balaban J connectivity index is 1.61. The van der Waals surface area contributed by atoms with Gasteiger partial charge in [0.05, 0.1) is 30.4 Å². The summed E-state index contributed by atoms with van der Waals surface area (Å²) < 4.78 is 41.9. The van der Waals surface area contributed by atoms with Crippen molar-refractivity contribution < 1.29 is 23.0 Å². The zero-order chi connectivity index (χ0) is 23.1. The van der Waals surface area contributed by atoms with Crippen molar-refractivity contribution >= 4 is 33.3 Å². The number of rotatable bonds is 6. The van der Waals surface area contributed by atoms with Crippen molar-refractivity contribution in [2.24, 2.45) is 0 Å². The highest BCUT2D eigenvalue weighted by Crippen LogP contribution is 2.31. The number of aliphatic hydroxyl groups excluding tert-OH is 1. The smallest absolute Gasteiger partial charge is 0.280 e. The second-order valence-corrected chi connectivity index (χ2v) is 9.70. The molecular weight excluding hydrogens is 459 g/mol. The molecule has 32 heavy (non-hydrogen) atoms. The number of halogens is 2. The monoisotopic (exact) mass is 478 g/mol. The Bertz CT molecular complexity index is 1280. The van der Waals surface area contributed by atoms with Gasteiger partial charge in [-0.15, -0.1) is 0 Å². The molecule has 0 spiro atoms. The van der Waals surface area contributed by atoms with E-state index in [9.17, 15) is 23.0 Å².